The molecule has 0 aliphatic carbocycles. The molecule has 0 aromatic carbocycles. The number of piperidine rings is 1. The quantitative estimate of drug-likeness (QED) is 0.697. The summed E-state index contributed by atoms with van der Waals surface area (Å²) >= 11 is 0. The Bertz CT molecular complexity index is 415. The predicted molar refractivity (Wildman–Crippen MR) is 71.7 cm³/mol. The van der Waals surface area contributed by atoms with Gasteiger partial charge in [0.2, 0.25) is 0 Å². The SMILES string of the molecule is CN1CCC(OC(=O)CNC2CCS(=O)(=O)C2)CC1. The molecule has 0 radical (unpaired) electrons. The van der Waals surface area contributed by atoms with Crippen molar-refractivity contribution in [2.24, 2.45) is 0 Å². The summed E-state index contributed by atoms with van der Waals surface area (Å²) in [5, 5.41) is 2.97. The minimum Gasteiger partial charge on any atom is -0.461 e. The average Bonchev–Trinajstić information content (AvgIpc) is 2.69. The van der Waals surface area contributed by atoms with Crippen molar-refractivity contribution < 1.29 is 17.9 Å². The molecule has 110 valence electrons. The first-order valence-corrected chi connectivity index (χ1v) is 8.58. The summed E-state index contributed by atoms with van der Waals surface area (Å²) < 4.78 is 27.9. The Labute approximate surface area is 114 Å². The van der Waals surface area contributed by atoms with E-state index in [0.717, 1.165) is 25.9 Å². The van der Waals surface area contributed by atoms with Crippen LogP contribution < -0.4 is 5.32 Å². The summed E-state index contributed by atoms with van der Waals surface area (Å²) in [4.78, 5) is 13.9. The topological polar surface area (TPSA) is 75.7 Å². The first-order valence-electron chi connectivity index (χ1n) is 6.76. The number of carbonyl (C=O) groups is 1. The number of hydrogen-bond donors (Lipinski definition) is 1. The van der Waals surface area contributed by atoms with Crippen molar-refractivity contribution in [3.05, 3.63) is 0 Å². The van der Waals surface area contributed by atoms with Crippen molar-refractivity contribution >= 4 is 15.8 Å². The van der Waals surface area contributed by atoms with E-state index in [1.54, 1.807) is 0 Å². The van der Waals surface area contributed by atoms with Crippen LogP contribution in [0.25, 0.3) is 0 Å². The number of nitrogens with zero attached hydrogens (tertiary/aromatic N) is 1. The molecular formula is C12H22N2O4S. The number of likely N-dealkylation sites (tertiary alicyclic amines) is 1. The lowest BCUT2D eigenvalue weighted by Gasteiger charge is -2.28. The second kappa shape index (κ2) is 6.19. The molecule has 0 bridgehead atoms. The van der Waals surface area contributed by atoms with E-state index in [1.165, 1.54) is 0 Å². The Kier molecular flexibility index (Phi) is 4.81. The molecule has 1 N–H and O–H groups in total. The van der Waals surface area contributed by atoms with Crippen molar-refractivity contribution in [2.45, 2.75) is 31.4 Å². The van der Waals surface area contributed by atoms with Crippen LogP contribution in [0.15, 0.2) is 0 Å². The van der Waals surface area contributed by atoms with Gasteiger partial charge in [-0.3, -0.25) is 4.79 Å². The number of ether oxygens (including phenoxy) is 1. The lowest BCUT2D eigenvalue weighted by Crippen LogP contribution is -2.39. The molecule has 2 rings (SSSR count). The van der Waals surface area contributed by atoms with Gasteiger partial charge in [-0.05, 0) is 26.3 Å². The zero-order valence-corrected chi connectivity index (χ0v) is 12.1. The second-order valence-corrected chi connectivity index (χ2v) is 7.70. The smallest absolute Gasteiger partial charge is 0.320 e. The van der Waals surface area contributed by atoms with Gasteiger partial charge in [0.1, 0.15) is 6.10 Å². The van der Waals surface area contributed by atoms with Crippen LogP contribution >= 0.6 is 0 Å². The number of nitrogens with one attached hydrogen (secondary N) is 1. The third kappa shape index (κ3) is 4.74. The minimum absolute atomic E-state index is 0.0119. The van der Waals surface area contributed by atoms with Gasteiger partial charge in [-0.1, -0.05) is 0 Å². The normalized spacial score (nSPS) is 28.4. The van der Waals surface area contributed by atoms with Gasteiger partial charge in [-0.25, -0.2) is 8.42 Å². The van der Waals surface area contributed by atoms with E-state index in [-0.39, 0.29) is 36.2 Å². The van der Waals surface area contributed by atoms with Crippen molar-refractivity contribution in [1.82, 2.24) is 10.2 Å². The van der Waals surface area contributed by atoms with E-state index in [4.69, 9.17) is 4.74 Å². The molecule has 2 aliphatic rings. The van der Waals surface area contributed by atoms with Crippen molar-refractivity contribution in [2.75, 3.05) is 38.2 Å². The maximum Gasteiger partial charge on any atom is 0.320 e. The van der Waals surface area contributed by atoms with Crippen LogP contribution in [0.2, 0.25) is 0 Å². The fourth-order valence-corrected chi connectivity index (χ4v) is 4.22. The fourth-order valence-electron chi connectivity index (χ4n) is 2.51. The molecule has 0 amide bonds. The highest BCUT2D eigenvalue weighted by Crippen LogP contribution is 2.13. The molecular weight excluding hydrogens is 268 g/mol. The third-order valence-corrected chi connectivity index (χ3v) is 5.50. The van der Waals surface area contributed by atoms with Crippen LogP contribution in [0.1, 0.15) is 19.3 Å². The van der Waals surface area contributed by atoms with E-state index in [0.29, 0.717) is 6.42 Å². The number of sulfone groups is 1. The number of carbonyl (C=O) groups excluding carboxylic acids is 1. The molecule has 1 atom stereocenters. The van der Waals surface area contributed by atoms with Gasteiger partial charge >= 0.3 is 5.97 Å². The van der Waals surface area contributed by atoms with Crippen molar-refractivity contribution in [1.29, 1.82) is 0 Å². The molecule has 2 fully saturated rings. The maximum absolute atomic E-state index is 11.7. The van der Waals surface area contributed by atoms with Crippen LogP contribution in [-0.4, -0.2) is 69.6 Å². The Morgan fingerprint density at radius 1 is 1.32 bits per heavy atom. The minimum atomic E-state index is -2.90. The van der Waals surface area contributed by atoms with Crippen LogP contribution in [0, 0.1) is 0 Å². The Balaban J connectivity index is 1.65. The van der Waals surface area contributed by atoms with Gasteiger partial charge in [0.05, 0.1) is 18.1 Å². The highest BCUT2D eigenvalue weighted by molar-refractivity contribution is 7.91. The predicted octanol–water partition coefficient (Wildman–Crippen LogP) is -0.599. The molecule has 0 aromatic heterocycles. The van der Waals surface area contributed by atoms with Gasteiger partial charge in [0.15, 0.2) is 9.84 Å². The molecule has 2 aliphatic heterocycles. The van der Waals surface area contributed by atoms with E-state index < -0.39 is 9.84 Å². The van der Waals surface area contributed by atoms with Gasteiger partial charge in [0, 0.05) is 19.1 Å². The lowest BCUT2D eigenvalue weighted by molar-refractivity contribution is -0.150. The van der Waals surface area contributed by atoms with Crippen molar-refractivity contribution in [3.63, 3.8) is 0 Å². The molecule has 0 saturated carbocycles. The number of esters is 1. The van der Waals surface area contributed by atoms with E-state index >= 15 is 0 Å². The lowest BCUT2D eigenvalue weighted by atomic mass is 10.1. The Morgan fingerprint density at radius 2 is 2.00 bits per heavy atom. The average molecular weight is 290 g/mol. The largest absolute Gasteiger partial charge is 0.461 e. The van der Waals surface area contributed by atoms with Crippen LogP contribution in [-0.2, 0) is 19.4 Å². The van der Waals surface area contributed by atoms with Crippen LogP contribution in [0.4, 0.5) is 0 Å². The molecule has 7 heteroatoms. The monoisotopic (exact) mass is 290 g/mol. The number of rotatable bonds is 4. The summed E-state index contributed by atoms with van der Waals surface area (Å²) in [5.74, 6) is 0.0715. The standard InChI is InChI=1S/C12H22N2O4S/c1-14-5-2-11(3-6-14)18-12(15)8-13-10-4-7-19(16,17)9-10/h10-11,13H,2-9H2,1H3. The number of hydrogen-bond acceptors (Lipinski definition) is 6. The Morgan fingerprint density at radius 3 is 2.58 bits per heavy atom. The van der Waals surface area contributed by atoms with E-state index in [9.17, 15) is 13.2 Å². The Hall–Kier alpha value is -0.660. The highest BCUT2D eigenvalue weighted by Gasteiger charge is 2.28. The summed E-state index contributed by atoms with van der Waals surface area (Å²) in [6, 6.07) is -0.102. The first-order chi connectivity index (χ1) is 8.94. The summed E-state index contributed by atoms with van der Waals surface area (Å²) in [7, 11) is -0.841. The molecule has 0 aromatic rings. The van der Waals surface area contributed by atoms with Gasteiger partial charge in [-0.15, -0.1) is 0 Å². The summed E-state index contributed by atoms with van der Waals surface area (Å²) in [5.41, 5.74) is 0. The molecule has 1 unspecified atom stereocenters. The molecule has 2 saturated heterocycles. The van der Waals surface area contributed by atoms with Crippen LogP contribution in [0.5, 0.6) is 0 Å². The molecule has 19 heavy (non-hydrogen) atoms. The van der Waals surface area contributed by atoms with Crippen molar-refractivity contribution in [3.8, 4) is 0 Å². The van der Waals surface area contributed by atoms with Gasteiger partial charge in [0.25, 0.3) is 0 Å². The summed E-state index contributed by atoms with van der Waals surface area (Å²) in [6.07, 6.45) is 2.35. The maximum atomic E-state index is 11.7. The molecule has 6 nitrogen and oxygen atoms in total. The first kappa shape index (κ1) is 14.7. The zero-order chi connectivity index (χ0) is 13.9. The summed E-state index contributed by atoms with van der Waals surface area (Å²) in [6.45, 7) is 2.00. The van der Waals surface area contributed by atoms with Gasteiger partial charge in [-0.2, -0.15) is 0 Å². The molecule has 0 spiro atoms. The zero-order valence-electron chi connectivity index (χ0n) is 11.3. The second-order valence-electron chi connectivity index (χ2n) is 5.47. The van der Waals surface area contributed by atoms with Gasteiger partial charge < -0.3 is 15.0 Å². The van der Waals surface area contributed by atoms with E-state index in [2.05, 4.69) is 17.3 Å². The third-order valence-electron chi connectivity index (χ3n) is 3.73. The fraction of sp³-hybridized carbons (Fsp3) is 0.917. The van der Waals surface area contributed by atoms with Crippen LogP contribution in [0.3, 0.4) is 0 Å². The van der Waals surface area contributed by atoms with E-state index in [1.807, 2.05) is 0 Å². The molecule has 2 heterocycles. The highest BCUT2D eigenvalue weighted by atomic mass is 32.2.